The number of nitrogens with one attached hydrogen (secondary N) is 1. The predicted octanol–water partition coefficient (Wildman–Crippen LogP) is 0.396. The van der Waals surface area contributed by atoms with Crippen LogP contribution in [0.4, 0.5) is 11.4 Å². The topological polar surface area (TPSA) is 145 Å². The fraction of sp³-hybridized carbons (Fsp3) is 0.333. The zero-order valence-electron chi connectivity index (χ0n) is 11.5. The van der Waals surface area contributed by atoms with E-state index in [4.69, 9.17) is 15.6 Å². The third kappa shape index (κ3) is 3.45. The van der Waals surface area contributed by atoms with Crippen molar-refractivity contribution in [3.63, 3.8) is 0 Å². The minimum atomic E-state index is -1.68. The van der Waals surface area contributed by atoms with Crippen LogP contribution in [0, 0.1) is 10.1 Å². The van der Waals surface area contributed by atoms with Crippen LogP contribution in [0.15, 0.2) is 18.2 Å². The summed E-state index contributed by atoms with van der Waals surface area (Å²) in [6, 6.07) is 3.71. The van der Waals surface area contributed by atoms with Crippen LogP contribution in [0.25, 0.3) is 0 Å². The van der Waals surface area contributed by atoms with E-state index in [1.165, 1.54) is 26.2 Å². The molecule has 9 nitrogen and oxygen atoms in total. The van der Waals surface area contributed by atoms with Crippen LogP contribution in [-0.2, 0) is 9.53 Å². The molecule has 4 N–H and O–H groups in total. The fourth-order valence-electron chi connectivity index (χ4n) is 1.67. The maximum absolute atomic E-state index is 12.1. The number of carboxylic acids is 1. The summed E-state index contributed by atoms with van der Waals surface area (Å²) in [4.78, 5) is 33.4. The van der Waals surface area contributed by atoms with Crippen molar-refractivity contribution in [3.05, 3.63) is 33.9 Å². The first-order chi connectivity index (χ1) is 9.73. The maximum atomic E-state index is 12.1. The van der Waals surface area contributed by atoms with Gasteiger partial charge in [-0.2, -0.15) is 0 Å². The van der Waals surface area contributed by atoms with Gasteiger partial charge < -0.3 is 20.9 Å². The summed E-state index contributed by atoms with van der Waals surface area (Å²) in [5, 5.41) is 22.2. The first-order valence-electron chi connectivity index (χ1n) is 5.80. The van der Waals surface area contributed by atoms with Crippen LogP contribution in [0.3, 0.4) is 0 Å². The molecular weight excluding hydrogens is 282 g/mol. The molecule has 114 valence electrons. The van der Waals surface area contributed by atoms with Crippen LogP contribution >= 0.6 is 0 Å². The molecule has 0 aliphatic rings. The highest BCUT2D eigenvalue weighted by Gasteiger charge is 2.36. The normalized spacial score (nSPS) is 13.2. The Labute approximate surface area is 119 Å². The van der Waals surface area contributed by atoms with E-state index in [2.05, 4.69) is 5.32 Å². The Balaban J connectivity index is 3.12. The molecule has 1 rings (SSSR count). The van der Waals surface area contributed by atoms with Crippen molar-refractivity contribution in [1.29, 1.82) is 0 Å². The number of rotatable bonds is 6. The van der Waals surface area contributed by atoms with Gasteiger partial charge in [0.05, 0.1) is 17.1 Å². The number of nitrogen functional groups attached to an aromatic ring is 1. The number of carboxylic acid groups (broad SMARTS) is 1. The lowest BCUT2D eigenvalue weighted by Gasteiger charge is -2.25. The van der Waals surface area contributed by atoms with E-state index < -0.39 is 28.0 Å². The number of nitro benzene ring substituents is 1. The van der Waals surface area contributed by atoms with Crippen molar-refractivity contribution in [3.8, 4) is 0 Å². The van der Waals surface area contributed by atoms with Crippen molar-refractivity contribution in [1.82, 2.24) is 5.32 Å². The van der Waals surface area contributed by atoms with Crippen LogP contribution in [-0.4, -0.2) is 41.2 Å². The largest absolute Gasteiger partial charge is 0.479 e. The number of carbonyl (C=O) groups is 2. The number of aliphatic carboxylic acids is 1. The Morgan fingerprint density at radius 1 is 1.52 bits per heavy atom. The minimum Gasteiger partial charge on any atom is -0.479 e. The number of para-hydroxylation sites is 1. The van der Waals surface area contributed by atoms with Gasteiger partial charge >= 0.3 is 5.97 Å². The summed E-state index contributed by atoms with van der Waals surface area (Å²) in [6.45, 7) is 0.979. The average Bonchev–Trinajstić information content (AvgIpc) is 2.38. The molecule has 0 saturated carbocycles. The number of ether oxygens (including phenoxy) is 1. The van der Waals surface area contributed by atoms with Crippen molar-refractivity contribution >= 4 is 23.3 Å². The smallest absolute Gasteiger partial charge is 0.331 e. The molecule has 0 fully saturated rings. The Kier molecular flexibility index (Phi) is 4.82. The first kappa shape index (κ1) is 16.4. The van der Waals surface area contributed by atoms with Crippen molar-refractivity contribution in [2.75, 3.05) is 19.5 Å². The van der Waals surface area contributed by atoms with Gasteiger partial charge in [-0.15, -0.1) is 0 Å². The molecule has 0 saturated heterocycles. The second-order valence-electron chi connectivity index (χ2n) is 4.52. The quantitative estimate of drug-likeness (QED) is 0.391. The van der Waals surface area contributed by atoms with E-state index in [-0.39, 0.29) is 17.9 Å². The summed E-state index contributed by atoms with van der Waals surface area (Å²) in [7, 11) is 1.29. The number of benzene rings is 1. The van der Waals surface area contributed by atoms with Gasteiger partial charge in [-0.3, -0.25) is 14.9 Å². The monoisotopic (exact) mass is 297 g/mol. The lowest BCUT2D eigenvalue weighted by molar-refractivity contribution is -0.383. The second-order valence-corrected chi connectivity index (χ2v) is 4.52. The fourth-order valence-corrected chi connectivity index (χ4v) is 1.67. The first-order valence-corrected chi connectivity index (χ1v) is 5.80. The molecule has 1 amide bonds. The highest BCUT2D eigenvalue weighted by atomic mass is 16.6. The maximum Gasteiger partial charge on any atom is 0.331 e. The van der Waals surface area contributed by atoms with Crippen LogP contribution in [0.1, 0.15) is 17.3 Å². The van der Waals surface area contributed by atoms with Crippen LogP contribution in [0.5, 0.6) is 0 Å². The SMILES string of the molecule is COCC(C)(NC(=O)c1cccc([N+](=O)[O-])c1N)C(=O)O. The predicted molar refractivity (Wildman–Crippen MR) is 72.9 cm³/mol. The molecule has 0 aliphatic heterocycles. The van der Waals surface area contributed by atoms with Gasteiger partial charge in [0.15, 0.2) is 5.54 Å². The number of hydrogen-bond donors (Lipinski definition) is 3. The minimum absolute atomic E-state index is 0.173. The van der Waals surface area contributed by atoms with Crippen molar-refractivity contribution in [2.45, 2.75) is 12.5 Å². The molecule has 0 aliphatic carbocycles. The summed E-state index contributed by atoms with van der Waals surface area (Å²) in [5.41, 5.74) is 2.97. The molecule has 0 radical (unpaired) electrons. The molecule has 0 aromatic heterocycles. The van der Waals surface area contributed by atoms with Gasteiger partial charge in [-0.05, 0) is 13.0 Å². The van der Waals surface area contributed by atoms with Crippen molar-refractivity contribution < 1.29 is 24.4 Å². The van der Waals surface area contributed by atoms with E-state index >= 15 is 0 Å². The molecule has 9 heteroatoms. The number of nitrogens with zero attached hydrogens (tertiary/aromatic N) is 1. The van der Waals surface area contributed by atoms with E-state index in [0.717, 1.165) is 6.07 Å². The zero-order valence-corrected chi connectivity index (χ0v) is 11.5. The Morgan fingerprint density at radius 3 is 2.62 bits per heavy atom. The summed E-state index contributed by atoms with van der Waals surface area (Å²) in [5.74, 6) is -2.14. The number of anilines is 1. The van der Waals surface area contributed by atoms with Crippen LogP contribution < -0.4 is 11.1 Å². The second kappa shape index (κ2) is 6.18. The van der Waals surface area contributed by atoms with Gasteiger partial charge in [-0.25, -0.2) is 4.79 Å². The lowest BCUT2D eigenvalue weighted by Crippen LogP contribution is -2.55. The highest BCUT2D eigenvalue weighted by Crippen LogP contribution is 2.25. The van der Waals surface area contributed by atoms with E-state index in [1.54, 1.807) is 0 Å². The molecule has 1 atom stereocenters. The molecule has 0 spiro atoms. The van der Waals surface area contributed by atoms with Gasteiger partial charge in [0.2, 0.25) is 0 Å². The summed E-state index contributed by atoms with van der Waals surface area (Å²) >= 11 is 0. The van der Waals surface area contributed by atoms with Gasteiger partial charge in [0.1, 0.15) is 5.69 Å². The highest BCUT2D eigenvalue weighted by molar-refractivity contribution is 6.03. The third-order valence-electron chi connectivity index (χ3n) is 2.82. The van der Waals surface area contributed by atoms with E-state index in [9.17, 15) is 19.7 Å². The van der Waals surface area contributed by atoms with E-state index in [0.29, 0.717) is 0 Å². The number of carbonyl (C=O) groups excluding carboxylic acids is 1. The zero-order chi connectivity index (χ0) is 16.2. The lowest BCUT2D eigenvalue weighted by atomic mass is 10.0. The van der Waals surface area contributed by atoms with Gasteiger partial charge in [0, 0.05) is 13.2 Å². The number of amides is 1. The number of nitrogens with two attached hydrogens (primary N) is 1. The number of hydrogen-bond acceptors (Lipinski definition) is 6. The van der Waals surface area contributed by atoms with Crippen LogP contribution in [0.2, 0.25) is 0 Å². The molecule has 1 unspecified atom stereocenters. The van der Waals surface area contributed by atoms with Gasteiger partial charge in [0.25, 0.3) is 11.6 Å². The molecule has 1 aromatic carbocycles. The molecular formula is C12H15N3O6. The molecule has 0 bridgehead atoms. The average molecular weight is 297 g/mol. The Morgan fingerprint density at radius 2 is 2.14 bits per heavy atom. The number of methoxy groups -OCH3 is 1. The molecule has 0 heterocycles. The van der Waals surface area contributed by atoms with Gasteiger partial charge in [-0.1, -0.05) is 6.07 Å². The molecule has 21 heavy (non-hydrogen) atoms. The molecule has 1 aromatic rings. The van der Waals surface area contributed by atoms with Crippen molar-refractivity contribution in [2.24, 2.45) is 0 Å². The number of nitro groups is 1. The summed E-state index contributed by atoms with van der Waals surface area (Å²) < 4.78 is 4.76. The Bertz CT molecular complexity index is 588. The Hall–Kier alpha value is -2.68. The van der Waals surface area contributed by atoms with E-state index in [1.807, 2.05) is 0 Å². The third-order valence-corrected chi connectivity index (χ3v) is 2.82. The standard InChI is InChI=1S/C12H15N3O6/c1-12(6-21-2,11(17)18)14-10(16)7-4-3-5-8(9(7)13)15(19)20/h3-5H,6,13H2,1-2H3,(H,14,16)(H,17,18). The summed E-state index contributed by atoms with van der Waals surface area (Å²) in [6.07, 6.45) is 0.